The first-order valence-electron chi connectivity index (χ1n) is 23.1. The number of unbranched alkanes of at least 4 members (excludes halogenated alkanes) is 1. The number of carbonyl (C=O) groups is 3. The lowest BCUT2D eigenvalue weighted by atomic mass is 9.84. The van der Waals surface area contributed by atoms with Crippen molar-refractivity contribution in [2.24, 2.45) is 0 Å². The summed E-state index contributed by atoms with van der Waals surface area (Å²) in [6, 6.07) is 1.65. The molecule has 348 valence electrons. The first-order valence-corrected chi connectivity index (χ1v) is 23.1. The molecule has 5 unspecified atom stereocenters. The van der Waals surface area contributed by atoms with E-state index < -0.39 is 41.3 Å². The van der Waals surface area contributed by atoms with Gasteiger partial charge in [0.1, 0.15) is 40.2 Å². The van der Waals surface area contributed by atoms with Gasteiger partial charge < -0.3 is 44.8 Å². The molecule has 0 bridgehead atoms. The Morgan fingerprint density at radius 2 is 1.17 bits per heavy atom. The molecule has 0 aliphatic carbocycles. The average molecular weight is 883 g/mol. The molecule has 12 heteroatoms. The molecular formula is C52H70N2O10. The van der Waals surface area contributed by atoms with Gasteiger partial charge in [0, 0.05) is 41.6 Å². The second kappa shape index (κ2) is 20.0. The Kier molecular flexibility index (Phi) is 15.1. The van der Waals surface area contributed by atoms with Gasteiger partial charge in [-0.2, -0.15) is 0 Å². The Balaban J connectivity index is 1.08. The molecule has 5 N–H and O–H groups in total. The Morgan fingerprint density at radius 1 is 0.703 bits per heavy atom. The Hall–Kier alpha value is -5.07. The predicted molar refractivity (Wildman–Crippen MR) is 247 cm³/mol. The zero-order valence-electron chi connectivity index (χ0n) is 39.2. The van der Waals surface area contributed by atoms with Crippen molar-refractivity contribution >= 4 is 17.8 Å². The number of carboxylic acid groups (broad SMARTS) is 1. The van der Waals surface area contributed by atoms with Crippen LogP contribution in [0.25, 0.3) is 0 Å². The maximum absolute atomic E-state index is 13.9. The molecule has 4 aliphatic heterocycles. The standard InChI is InChI=1S/C52H70N2O10/c1-31(2)15-11-17-33(5)19-13-22-51(7)44(57)27-37-42(55)25-35-39(46(37)63-51)29-53(48(35)59)24-10-9-21-41(50(61)62)54-30-40-36(49(54)60)26-43(56)38-28-45(58)52(8,64-47(38)40)23-14-20-34(6)18-12-16-32(3)4/h15-16,19-20,25-26,41,44-45,55-58H,9-14,17-18,21-24,27-30H2,1-8H3,(H,61,62)/b33-19+,34-20+. The third-order valence-electron chi connectivity index (χ3n) is 13.8. The Labute approximate surface area is 379 Å². The van der Waals surface area contributed by atoms with Crippen LogP contribution >= 0.6 is 0 Å². The lowest BCUT2D eigenvalue weighted by molar-refractivity contribution is -0.142. The molecule has 0 fully saturated rings. The number of carbonyl (C=O) groups excluding carboxylic acids is 2. The van der Waals surface area contributed by atoms with E-state index in [0.29, 0.717) is 84.4 Å². The van der Waals surface area contributed by atoms with E-state index in [9.17, 15) is 39.9 Å². The van der Waals surface area contributed by atoms with Gasteiger partial charge in [0.2, 0.25) is 0 Å². The van der Waals surface area contributed by atoms with Gasteiger partial charge in [-0.25, -0.2) is 4.79 Å². The molecule has 5 atom stereocenters. The molecule has 2 aromatic rings. The average Bonchev–Trinajstić information content (AvgIpc) is 3.70. The van der Waals surface area contributed by atoms with Crippen molar-refractivity contribution in [2.45, 2.75) is 181 Å². The van der Waals surface area contributed by atoms with Crippen molar-refractivity contribution in [3.05, 3.63) is 92.1 Å². The van der Waals surface area contributed by atoms with Crippen LogP contribution in [0, 0.1) is 0 Å². The first-order chi connectivity index (χ1) is 30.2. The number of allylic oxidation sites excluding steroid dienone is 8. The summed E-state index contributed by atoms with van der Waals surface area (Å²) in [5, 5.41) is 54.9. The van der Waals surface area contributed by atoms with Gasteiger partial charge in [-0.3, -0.25) is 9.59 Å². The van der Waals surface area contributed by atoms with Gasteiger partial charge in [0.05, 0.1) is 36.4 Å². The number of fused-ring (bicyclic) bond motifs is 6. The molecule has 4 heterocycles. The summed E-state index contributed by atoms with van der Waals surface area (Å²) >= 11 is 0. The van der Waals surface area contributed by atoms with E-state index in [4.69, 9.17) is 9.47 Å². The minimum absolute atomic E-state index is 0.0163. The van der Waals surface area contributed by atoms with Crippen molar-refractivity contribution in [1.82, 2.24) is 9.80 Å². The SMILES string of the molecule is CC(C)=CCC/C(C)=C/CCC1(C)Oc2c(c(O)cc3c2CN(CCCCC(C(=O)O)N2Cc4c(cc(O)c5c4OC(C)(CC/C=C(\C)CCC=C(C)C)C(O)C5)C2=O)C3=O)CC1O. The maximum atomic E-state index is 13.9. The van der Waals surface area contributed by atoms with Crippen LogP contribution in [0.5, 0.6) is 23.0 Å². The normalized spacial score (nSPS) is 23.2. The van der Waals surface area contributed by atoms with E-state index in [1.165, 1.54) is 39.3 Å². The van der Waals surface area contributed by atoms with Crippen molar-refractivity contribution in [2.75, 3.05) is 6.54 Å². The number of aromatic hydroxyl groups is 2. The number of rotatable bonds is 19. The van der Waals surface area contributed by atoms with E-state index >= 15 is 0 Å². The summed E-state index contributed by atoms with van der Waals surface area (Å²) in [5.41, 5.74) is 5.79. The quantitative estimate of drug-likeness (QED) is 0.0675. The number of hydrogen-bond donors (Lipinski definition) is 5. The predicted octanol–water partition coefficient (Wildman–Crippen LogP) is 9.39. The number of aliphatic hydroxyl groups is 2. The molecule has 12 nitrogen and oxygen atoms in total. The molecule has 0 radical (unpaired) electrons. The molecule has 2 amide bonds. The molecule has 0 saturated heterocycles. The molecule has 0 spiro atoms. The maximum Gasteiger partial charge on any atom is 0.326 e. The number of phenolic OH excluding ortho intramolecular Hbond substituents is 2. The van der Waals surface area contributed by atoms with Crippen molar-refractivity contribution in [3.8, 4) is 23.0 Å². The smallest absolute Gasteiger partial charge is 0.326 e. The highest BCUT2D eigenvalue weighted by atomic mass is 16.5. The third kappa shape index (κ3) is 10.5. The molecule has 2 aromatic carbocycles. The monoisotopic (exact) mass is 883 g/mol. The van der Waals surface area contributed by atoms with Gasteiger partial charge in [-0.15, -0.1) is 0 Å². The van der Waals surface area contributed by atoms with Gasteiger partial charge in [-0.05, 0) is 138 Å². The number of hydrogen-bond acceptors (Lipinski definition) is 9. The number of nitrogens with zero attached hydrogens (tertiary/aromatic N) is 2. The summed E-state index contributed by atoms with van der Waals surface area (Å²) in [4.78, 5) is 43.3. The fraction of sp³-hybridized carbons (Fsp3) is 0.558. The summed E-state index contributed by atoms with van der Waals surface area (Å²) in [6.07, 6.45) is 14.6. The minimum Gasteiger partial charge on any atom is -0.508 e. The number of carboxylic acids is 1. The number of aliphatic hydroxyl groups excluding tert-OH is 2. The highest BCUT2D eigenvalue weighted by Crippen LogP contribution is 2.48. The minimum atomic E-state index is -1.17. The zero-order valence-corrected chi connectivity index (χ0v) is 39.2. The van der Waals surface area contributed by atoms with E-state index in [1.54, 1.807) is 4.90 Å². The molecule has 64 heavy (non-hydrogen) atoms. The van der Waals surface area contributed by atoms with E-state index in [-0.39, 0.29) is 55.3 Å². The number of amides is 2. The van der Waals surface area contributed by atoms with Crippen LogP contribution in [0.3, 0.4) is 0 Å². The van der Waals surface area contributed by atoms with Crippen LogP contribution in [-0.4, -0.2) is 89.1 Å². The highest BCUT2D eigenvalue weighted by molar-refractivity contribution is 6.02. The van der Waals surface area contributed by atoms with Crippen LogP contribution in [0.1, 0.15) is 169 Å². The van der Waals surface area contributed by atoms with Crippen LogP contribution in [-0.2, 0) is 30.7 Å². The summed E-state index contributed by atoms with van der Waals surface area (Å²) in [7, 11) is 0. The Morgan fingerprint density at radius 3 is 1.64 bits per heavy atom. The van der Waals surface area contributed by atoms with E-state index in [0.717, 1.165) is 25.7 Å². The Bertz CT molecular complexity index is 2250. The zero-order chi connectivity index (χ0) is 46.7. The van der Waals surface area contributed by atoms with Crippen molar-refractivity contribution in [3.63, 3.8) is 0 Å². The molecule has 4 aliphatic rings. The molecule has 6 rings (SSSR count). The summed E-state index contributed by atoms with van der Waals surface area (Å²) in [5.74, 6) is -1.39. The second-order valence-corrected chi connectivity index (χ2v) is 19.6. The highest BCUT2D eigenvalue weighted by Gasteiger charge is 2.47. The van der Waals surface area contributed by atoms with Crippen LogP contribution in [0.2, 0.25) is 0 Å². The third-order valence-corrected chi connectivity index (χ3v) is 13.8. The topological polar surface area (TPSA) is 177 Å². The number of ether oxygens (including phenoxy) is 2. The van der Waals surface area contributed by atoms with Gasteiger partial charge >= 0.3 is 5.97 Å². The fourth-order valence-corrected chi connectivity index (χ4v) is 9.56. The molecule has 0 aromatic heterocycles. The van der Waals surface area contributed by atoms with Gasteiger partial charge in [0.25, 0.3) is 11.8 Å². The van der Waals surface area contributed by atoms with Crippen LogP contribution in [0.4, 0.5) is 0 Å². The lowest BCUT2D eigenvalue weighted by Crippen LogP contribution is -2.49. The van der Waals surface area contributed by atoms with Gasteiger partial charge in [0.15, 0.2) is 0 Å². The summed E-state index contributed by atoms with van der Waals surface area (Å²) in [6.45, 7) is 16.8. The lowest BCUT2D eigenvalue weighted by Gasteiger charge is -2.41. The number of phenols is 2. The second-order valence-electron chi connectivity index (χ2n) is 19.6. The number of aliphatic carboxylic acids is 1. The van der Waals surface area contributed by atoms with Crippen LogP contribution in [0.15, 0.2) is 58.7 Å². The van der Waals surface area contributed by atoms with Crippen LogP contribution < -0.4 is 9.47 Å². The van der Waals surface area contributed by atoms with E-state index in [2.05, 4.69) is 65.8 Å². The van der Waals surface area contributed by atoms with Crippen molar-refractivity contribution < 1.29 is 49.4 Å². The fourth-order valence-electron chi connectivity index (χ4n) is 9.56. The van der Waals surface area contributed by atoms with Crippen molar-refractivity contribution in [1.29, 1.82) is 0 Å². The molecule has 0 saturated carbocycles. The largest absolute Gasteiger partial charge is 0.508 e. The summed E-state index contributed by atoms with van der Waals surface area (Å²) < 4.78 is 13.1. The first kappa shape index (κ1) is 48.4. The molecular weight excluding hydrogens is 813 g/mol. The van der Waals surface area contributed by atoms with E-state index in [1.807, 2.05) is 13.8 Å². The number of benzene rings is 2. The van der Waals surface area contributed by atoms with Gasteiger partial charge in [-0.1, -0.05) is 46.6 Å².